The Morgan fingerprint density at radius 1 is 1.48 bits per heavy atom. The number of nitrogens with zero attached hydrogens (tertiary/aromatic N) is 3. The minimum absolute atomic E-state index is 0.0992. The van der Waals surface area contributed by atoms with Crippen molar-refractivity contribution in [2.24, 2.45) is 0 Å². The van der Waals surface area contributed by atoms with E-state index in [4.69, 9.17) is 4.74 Å². The quantitative estimate of drug-likeness (QED) is 0.641. The number of nitro groups is 1. The van der Waals surface area contributed by atoms with Gasteiger partial charge in [0.1, 0.15) is 5.52 Å². The van der Waals surface area contributed by atoms with Crippen molar-refractivity contribution in [3.8, 4) is 0 Å². The highest BCUT2D eigenvalue weighted by Crippen LogP contribution is 2.32. The Bertz CT molecular complexity index is 674. The molecule has 0 radical (unpaired) electrons. The molecule has 0 amide bonds. The zero-order valence-corrected chi connectivity index (χ0v) is 11.9. The first-order chi connectivity index (χ1) is 10.2. The predicted octanol–water partition coefficient (Wildman–Crippen LogP) is 2.76. The molecule has 1 atom stereocenters. The van der Waals surface area contributed by atoms with Crippen LogP contribution in [0.1, 0.15) is 13.3 Å². The van der Waals surface area contributed by atoms with Gasteiger partial charge in [-0.05, 0) is 24.6 Å². The maximum atomic E-state index is 11.1. The Morgan fingerprint density at radius 2 is 2.33 bits per heavy atom. The molecule has 110 valence electrons. The zero-order chi connectivity index (χ0) is 14.8. The number of benzene rings is 1. The molecule has 0 saturated carbocycles. The van der Waals surface area contributed by atoms with Crippen molar-refractivity contribution in [1.82, 2.24) is 4.98 Å². The molecular weight excluding hydrogens is 270 g/mol. The highest BCUT2D eigenvalue weighted by atomic mass is 16.6. The Hall–Kier alpha value is -2.21. The van der Waals surface area contributed by atoms with Crippen molar-refractivity contribution in [2.75, 3.05) is 24.6 Å². The topological polar surface area (TPSA) is 68.5 Å². The lowest BCUT2D eigenvalue weighted by Crippen LogP contribution is -2.42. The first-order valence-electron chi connectivity index (χ1n) is 7.09. The van der Waals surface area contributed by atoms with Crippen LogP contribution in [0.4, 0.5) is 11.4 Å². The monoisotopic (exact) mass is 287 g/mol. The Labute approximate surface area is 122 Å². The number of rotatable bonds is 3. The van der Waals surface area contributed by atoms with Crippen LogP contribution in [0.25, 0.3) is 10.9 Å². The summed E-state index contributed by atoms with van der Waals surface area (Å²) >= 11 is 0. The summed E-state index contributed by atoms with van der Waals surface area (Å²) in [5, 5.41) is 11.7. The number of hydrogen-bond acceptors (Lipinski definition) is 5. The molecule has 1 fully saturated rings. The van der Waals surface area contributed by atoms with Crippen molar-refractivity contribution in [3.05, 3.63) is 40.6 Å². The fourth-order valence-electron chi connectivity index (χ4n) is 2.74. The molecule has 1 aromatic carbocycles. The fraction of sp³-hybridized carbons (Fsp3) is 0.400. The van der Waals surface area contributed by atoms with Crippen LogP contribution < -0.4 is 4.90 Å². The first kappa shape index (κ1) is 13.8. The average Bonchev–Trinajstić information content (AvgIpc) is 2.53. The van der Waals surface area contributed by atoms with Crippen LogP contribution in [-0.2, 0) is 4.74 Å². The molecule has 1 aromatic heterocycles. The van der Waals surface area contributed by atoms with Crippen molar-refractivity contribution >= 4 is 22.3 Å². The number of morpholine rings is 1. The normalized spacial score (nSPS) is 18.9. The third-order valence-electron chi connectivity index (χ3n) is 3.86. The molecule has 0 unspecified atom stereocenters. The van der Waals surface area contributed by atoms with Gasteiger partial charge in [-0.1, -0.05) is 6.92 Å². The summed E-state index contributed by atoms with van der Waals surface area (Å²) in [6.45, 7) is 4.34. The van der Waals surface area contributed by atoms with E-state index in [2.05, 4.69) is 16.8 Å². The van der Waals surface area contributed by atoms with Gasteiger partial charge in [0.2, 0.25) is 0 Å². The third kappa shape index (κ3) is 2.54. The second-order valence-corrected chi connectivity index (χ2v) is 5.11. The number of fused-ring (bicyclic) bond motifs is 1. The summed E-state index contributed by atoms with van der Waals surface area (Å²) in [6, 6.07) is 6.84. The van der Waals surface area contributed by atoms with Crippen LogP contribution >= 0.6 is 0 Å². The second kappa shape index (κ2) is 5.65. The maximum absolute atomic E-state index is 11.1. The van der Waals surface area contributed by atoms with E-state index in [1.165, 1.54) is 0 Å². The van der Waals surface area contributed by atoms with E-state index in [-0.39, 0.29) is 16.7 Å². The number of non-ortho nitro benzene ring substituents is 1. The van der Waals surface area contributed by atoms with Gasteiger partial charge < -0.3 is 9.64 Å². The Kier molecular flexibility index (Phi) is 3.70. The molecule has 1 aliphatic rings. The number of ether oxygens (including phenoxy) is 1. The third-order valence-corrected chi connectivity index (χ3v) is 3.86. The van der Waals surface area contributed by atoms with E-state index < -0.39 is 0 Å². The molecule has 2 heterocycles. The van der Waals surface area contributed by atoms with Crippen molar-refractivity contribution in [3.63, 3.8) is 0 Å². The smallest absolute Gasteiger partial charge is 0.278 e. The molecule has 0 spiro atoms. The molecule has 2 aromatic rings. The van der Waals surface area contributed by atoms with Gasteiger partial charge in [0, 0.05) is 25.4 Å². The molecule has 0 N–H and O–H groups in total. The summed E-state index contributed by atoms with van der Waals surface area (Å²) < 4.78 is 5.68. The van der Waals surface area contributed by atoms with E-state index in [0.717, 1.165) is 25.2 Å². The van der Waals surface area contributed by atoms with Crippen molar-refractivity contribution < 1.29 is 9.66 Å². The van der Waals surface area contributed by atoms with E-state index in [1.54, 1.807) is 30.5 Å². The second-order valence-electron chi connectivity index (χ2n) is 5.11. The molecule has 6 nitrogen and oxygen atoms in total. The summed E-state index contributed by atoms with van der Waals surface area (Å²) in [7, 11) is 0. The van der Waals surface area contributed by atoms with Gasteiger partial charge in [0.05, 0.1) is 28.7 Å². The van der Waals surface area contributed by atoms with Crippen LogP contribution in [0, 0.1) is 10.1 Å². The number of anilines is 1. The molecule has 0 aliphatic carbocycles. The van der Waals surface area contributed by atoms with Crippen LogP contribution in [0.2, 0.25) is 0 Å². The number of pyridine rings is 1. The number of aromatic nitrogens is 1. The van der Waals surface area contributed by atoms with Crippen LogP contribution in [-0.4, -0.2) is 35.7 Å². The lowest BCUT2D eigenvalue weighted by atomic mass is 10.1. The van der Waals surface area contributed by atoms with E-state index in [9.17, 15) is 10.1 Å². The van der Waals surface area contributed by atoms with E-state index in [0.29, 0.717) is 17.5 Å². The highest BCUT2D eigenvalue weighted by molar-refractivity contribution is 5.97. The van der Waals surface area contributed by atoms with Gasteiger partial charge in [0.15, 0.2) is 0 Å². The van der Waals surface area contributed by atoms with Crippen LogP contribution in [0.3, 0.4) is 0 Å². The van der Waals surface area contributed by atoms with Gasteiger partial charge in [-0.2, -0.15) is 0 Å². The summed E-state index contributed by atoms with van der Waals surface area (Å²) in [5.41, 5.74) is 1.73. The average molecular weight is 287 g/mol. The van der Waals surface area contributed by atoms with E-state index >= 15 is 0 Å². The lowest BCUT2D eigenvalue weighted by Gasteiger charge is -2.34. The number of nitro benzene ring substituents is 1. The zero-order valence-electron chi connectivity index (χ0n) is 11.9. The SMILES string of the molecule is CC[C@@H]1CN(c2ccc([N+](=O)[O-])c3cccnc23)CCO1. The molecule has 0 bridgehead atoms. The molecule has 3 rings (SSSR count). The van der Waals surface area contributed by atoms with Crippen LogP contribution in [0.15, 0.2) is 30.5 Å². The molecule has 1 saturated heterocycles. The van der Waals surface area contributed by atoms with Gasteiger partial charge in [-0.15, -0.1) is 0 Å². The highest BCUT2D eigenvalue weighted by Gasteiger charge is 2.23. The van der Waals surface area contributed by atoms with Crippen LogP contribution in [0.5, 0.6) is 0 Å². The van der Waals surface area contributed by atoms with Gasteiger partial charge in [0.25, 0.3) is 5.69 Å². The summed E-state index contributed by atoms with van der Waals surface area (Å²) in [5.74, 6) is 0. The fourth-order valence-corrected chi connectivity index (χ4v) is 2.74. The van der Waals surface area contributed by atoms with Gasteiger partial charge >= 0.3 is 0 Å². The minimum Gasteiger partial charge on any atom is -0.375 e. The lowest BCUT2D eigenvalue weighted by molar-refractivity contribution is -0.383. The molecule has 6 heteroatoms. The maximum Gasteiger partial charge on any atom is 0.278 e. The standard InChI is InChI=1S/C15H17N3O3/c1-2-11-10-17(8-9-21-11)14-6-5-13(18(19)20)12-4-3-7-16-15(12)14/h3-7,11H,2,8-10H2,1H3/t11-/m1/s1. The Morgan fingerprint density at radius 3 is 3.10 bits per heavy atom. The summed E-state index contributed by atoms with van der Waals surface area (Å²) in [6.07, 6.45) is 2.83. The van der Waals surface area contributed by atoms with Crippen molar-refractivity contribution in [2.45, 2.75) is 19.4 Å². The largest absolute Gasteiger partial charge is 0.375 e. The van der Waals surface area contributed by atoms with Gasteiger partial charge in [-0.3, -0.25) is 15.1 Å². The number of hydrogen-bond donors (Lipinski definition) is 0. The molecule has 1 aliphatic heterocycles. The first-order valence-corrected chi connectivity index (χ1v) is 7.09. The van der Waals surface area contributed by atoms with Gasteiger partial charge in [-0.25, -0.2) is 0 Å². The van der Waals surface area contributed by atoms with Crippen molar-refractivity contribution in [1.29, 1.82) is 0 Å². The summed E-state index contributed by atoms with van der Waals surface area (Å²) in [4.78, 5) is 17.4. The Balaban J connectivity index is 2.07. The molecule has 21 heavy (non-hydrogen) atoms. The minimum atomic E-state index is -0.359. The molecular formula is C15H17N3O3. The predicted molar refractivity (Wildman–Crippen MR) is 80.6 cm³/mol. The van der Waals surface area contributed by atoms with E-state index in [1.807, 2.05) is 0 Å².